The molecule has 1 heterocycles. The highest BCUT2D eigenvalue weighted by Gasteiger charge is 2.28. The van der Waals surface area contributed by atoms with Crippen molar-refractivity contribution in [3.8, 4) is 17.2 Å². The molecule has 0 fully saturated rings. The monoisotopic (exact) mass is 464 g/mol. The molecule has 2 N–H and O–H groups in total. The lowest BCUT2D eigenvalue weighted by Crippen LogP contribution is -2.43. The van der Waals surface area contributed by atoms with E-state index in [0.717, 1.165) is 0 Å². The van der Waals surface area contributed by atoms with Gasteiger partial charge in [0.1, 0.15) is 24.0 Å². The Balaban J connectivity index is 2.02. The fourth-order valence-electron chi connectivity index (χ4n) is 2.94. The van der Waals surface area contributed by atoms with E-state index >= 15 is 0 Å². The number of amides is 1. The van der Waals surface area contributed by atoms with Gasteiger partial charge in [-0.3, -0.25) is 4.79 Å². The van der Waals surface area contributed by atoms with Gasteiger partial charge in [-0.25, -0.2) is 9.78 Å². The van der Waals surface area contributed by atoms with Gasteiger partial charge in [-0.2, -0.15) is 0 Å². The van der Waals surface area contributed by atoms with Crippen LogP contribution in [0.2, 0.25) is 5.02 Å². The molecular weight excluding hydrogens is 436 g/mol. The average molecular weight is 465 g/mol. The molecule has 0 unspecified atom stereocenters. The second-order valence-corrected chi connectivity index (χ2v) is 8.22. The highest BCUT2D eigenvalue weighted by Crippen LogP contribution is 2.27. The van der Waals surface area contributed by atoms with E-state index in [0.29, 0.717) is 23.1 Å². The normalized spacial score (nSPS) is 13.7. The zero-order chi connectivity index (χ0) is 23.8. The van der Waals surface area contributed by atoms with Crippen LogP contribution in [0.4, 0.5) is 0 Å². The van der Waals surface area contributed by atoms with Crippen LogP contribution in [0, 0.1) is 5.92 Å². The molecule has 0 spiro atoms. The number of rotatable bonds is 10. The van der Waals surface area contributed by atoms with E-state index in [9.17, 15) is 14.7 Å². The minimum absolute atomic E-state index is 0.102. The number of nitrogens with one attached hydrogen (secondary N) is 1. The number of carbonyl (C=O) groups excluding carboxylic acids is 2. The van der Waals surface area contributed by atoms with Gasteiger partial charge in [0.15, 0.2) is 17.2 Å². The molecule has 2 aromatic rings. The van der Waals surface area contributed by atoms with Crippen LogP contribution in [0.3, 0.4) is 0 Å². The van der Waals surface area contributed by atoms with Gasteiger partial charge in [0.05, 0.1) is 7.11 Å². The van der Waals surface area contributed by atoms with Gasteiger partial charge in [0.2, 0.25) is 0 Å². The molecule has 1 aromatic carbocycles. The first-order chi connectivity index (χ1) is 15.1. The fraction of sp³-hybridized carbons (Fsp3) is 0.435. The Kier molecular flexibility index (Phi) is 9.13. The molecule has 174 valence electrons. The van der Waals surface area contributed by atoms with Crippen LogP contribution in [0.15, 0.2) is 36.5 Å². The van der Waals surface area contributed by atoms with Crippen molar-refractivity contribution in [1.29, 1.82) is 0 Å². The number of nitrogens with zero attached hydrogens (tertiary/aromatic N) is 1. The zero-order valence-electron chi connectivity index (χ0n) is 18.8. The third-order valence-electron chi connectivity index (χ3n) is 4.65. The van der Waals surface area contributed by atoms with Gasteiger partial charge in [-0.05, 0) is 50.5 Å². The summed E-state index contributed by atoms with van der Waals surface area (Å²) in [5.74, 6) is -0.757. The number of hydrogen-bond donors (Lipinski definition) is 2. The third kappa shape index (κ3) is 7.02. The van der Waals surface area contributed by atoms with Crippen molar-refractivity contribution in [1.82, 2.24) is 10.3 Å². The predicted molar refractivity (Wildman–Crippen MR) is 120 cm³/mol. The standard InChI is InChI=1S/C23H29ClN2O6/c1-13(2)12-19(32-17-8-6-16(24)7-9-17)15(4)31-23(29)14(3)26-22(28)20-21(27)18(30-5)10-11-25-20/h6-11,13-15,19,27H,12H2,1-5H3,(H,26,28)/t14-,15-,19+/m0/s1. The Morgan fingerprint density at radius 2 is 1.78 bits per heavy atom. The number of aromatic nitrogens is 1. The van der Waals surface area contributed by atoms with Gasteiger partial charge in [-0.15, -0.1) is 0 Å². The van der Waals surface area contributed by atoms with Crippen LogP contribution >= 0.6 is 11.6 Å². The number of esters is 1. The Morgan fingerprint density at radius 3 is 2.38 bits per heavy atom. The molecule has 1 aromatic heterocycles. The number of halogens is 1. The second-order valence-electron chi connectivity index (χ2n) is 7.79. The van der Waals surface area contributed by atoms with E-state index < -0.39 is 35.9 Å². The Morgan fingerprint density at radius 1 is 1.12 bits per heavy atom. The smallest absolute Gasteiger partial charge is 0.328 e. The van der Waals surface area contributed by atoms with Crippen LogP contribution in [-0.4, -0.2) is 47.3 Å². The highest BCUT2D eigenvalue weighted by atomic mass is 35.5. The summed E-state index contributed by atoms with van der Waals surface area (Å²) in [7, 11) is 1.36. The predicted octanol–water partition coefficient (Wildman–Crippen LogP) is 3.99. The number of methoxy groups -OCH3 is 1. The first-order valence-electron chi connectivity index (χ1n) is 10.3. The number of pyridine rings is 1. The lowest BCUT2D eigenvalue weighted by molar-refractivity contribution is -0.155. The van der Waals surface area contributed by atoms with Gasteiger partial charge in [0, 0.05) is 17.3 Å². The van der Waals surface area contributed by atoms with Crippen molar-refractivity contribution in [2.75, 3.05) is 7.11 Å². The molecule has 0 aliphatic carbocycles. The number of ether oxygens (including phenoxy) is 3. The highest BCUT2D eigenvalue weighted by molar-refractivity contribution is 6.30. The van der Waals surface area contributed by atoms with E-state index in [1.807, 2.05) is 13.8 Å². The average Bonchev–Trinajstić information content (AvgIpc) is 2.74. The number of hydrogen-bond acceptors (Lipinski definition) is 7. The van der Waals surface area contributed by atoms with Crippen molar-refractivity contribution in [3.05, 3.63) is 47.2 Å². The summed E-state index contributed by atoms with van der Waals surface area (Å²) >= 11 is 5.92. The number of carbonyl (C=O) groups is 2. The molecule has 8 nitrogen and oxygen atoms in total. The summed E-state index contributed by atoms with van der Waals surface area (Å²) in [5, 5.41) is 13.2. The zero-order valence-corrected chi connectivity index (χ0v) is 19.6. The maximum absolute atomic E-state index is 12.6. The summed E-state index contributed by atoms with van der Waals surface area (Å²) in [6.45, 7) is 7.32. The quantitative estimate of drug-likeness (QED) is 0.512. The van der Waals surface area contributed by atoms with Gasteiger partial charge in [-0.1, -0.05) is 25.4 Å². The van der Waals surface area contributed by atoms with E-state index in [1.165, 1.54) is 26.3 Å². The Hall–Kier alpha value is -3.00. The van der Waals surface area contributed by atoms with Crippen LogP contribution < -0.4 is 14.8 Å². The minimum atomic E-state index is -0.979. The number of benzene rings is 1. The first-order valence-corrected chi connectivity index (χ1v) is 10.7. The Labute approximate surface area is 192 Å². The van der Waals surface area contributed by atoms with Crippen LogP contribution in [0.25, 0.3) is 0 Å². The van der Waals surface area contributed by atoms with Gasteiger partial charge in [0.25, 0.3) is 5.91 Å². The van der Waals surface area contributed by atoms with Crippen LogP contribution in [0.5, 0.6) is 17.2 Å². The molecule has 0 saturated heterocycles. The van der Waals surface area contributed by atoms with Crippen molar-refractivity contribution < 1.29 is 28.9 Å². The molecule has 3 atom stereocenters. The summed E-state index contributed by atoms with van der Waals surface area (Å²) in [6, 6.07) is 7.38. The molecule has 9 heteroatoms. The van der Waals surface area contributed by atoms with E-state index in [1.54, 1.807) is 31.2 Å². The van der Waals surface area contributed by atoms with Crippen LogP contribution in [0.1, 0.15) is 44.6 Å². The molecular formula is C23H29ClN2O6. The molecule has 0 radical (unpaired) electrons. The van der Waals surface area contributed by atoms with Crippen molar-refractivity contribution in [2.24, 2.45) is 5.92 Å². The van der Waals surface area contributed by atoms with Gasteiger partial charge < -0.3 is 24.6 Å². The number of aromatic hydroxyl groups is 1. The minimum Gasteiger partial charge on any atom is -0.503 e. The maximum Gasteiger partial charge on any atom is 0.328 e. The van der Waals surface area contributed by atoms with E-state index in [4.69, 9.17) is 25.8 Å². The summed E-state index contributed by atoms with van der Waals surface area (Å²) in [5.41, 5.74) is -0.249. The lowest BCUT2D eigenvalue weighted by Gasteiger charge is -2.27. The molecule has 32 heavy (non-hydrogen) atoms. The largest absolute Gasteiger partial charge is 0.503 e. The molecule has 2 rings (SSSR count). The molecule has 0 aliphatic heterocycles. The lowest BCUT2D eigenvalue weighted by atomic mass is 10.0. The summed E-state index contributed by atoms with van der Waals surface area (Å²) in [6.07, 6.45) is 0.998. The van der Waals surface area contributed by atoms with Crippen molar-refractivity contribution in [2.45, 2.75) is 52.4 Å². The SMILES string of the molecule is COc1ccnc(C(=O)N[C@@H](C)C(=O)O[C@@H](C)[C@@H](CC(C)C)Oc2ccc(Cl)cc2)c1O. The Bertz CT molecular complexity index is 919. The van der Waals surface area contributed by atoms with Crippen molar-refractivity contribution >= 4 is 23.5 Å². The van der Waals surface area contributed by atoms with Crippen LogP contribution in [-0.2, 0) is 9.53 Å². The first kappa shape index (κ1) is 25.3. The summed E-state index contributed by atoms with van der Waals surface area (Å²) < 4.78 is 16.6. The van der Waals surface area contributed by atoms with E-state index in [2.05, 4.69) is 10.3 Å². The third-order valence-corrected chi connectivity index (χ3v) is 4.91. The maximum atomic E-state index is 12.6. The van der Waals surface area contributed by atoms with E-state index in [-0.39, 0.29) is 11.4 Å². The fourth-order valence-corrected chi connectivity index (χ4v) is 3.07. The van der Waals surface area contributed by atoms with Gasteiger partial charge >= 0.3 is 5.97 Å². The molecule has 0 aliphatic rings. The second kappa shape index (κ2) is 11.6. The molecule has 0 bridgehead atoms. The molecule has 1 amide bonds. The van der Waals surface area contributed by atoms with Crippen molar-refractivity contribution in [3.63, 3.8) is 0 Å². The topological polar surface area (TPSA) is 107 Å². The molecule has 0 saturated carbocycles. The summed E-state index contributed by atoms with van der Waals surface area (Å²) in [4.78, 5) is 28.9.